The Balaban J connectivity index is 2.13. The van der Waals surface area contributed by atoms with Crippen LogP contribution in [-0.4, -0.2) is 23.8 Å². The van der Waals surface area contributed by atoms with Crippen molar-refractivity contribution in [1.82, 2.24) is 4.90 Å². The third-order valence-corrected chi connectivity index (χ3v) is 3.46. The molecule has 3 N–H and O–H groups in total. The van der Waals surface area contributed by atoms with E-state index in [9.17, 15) is 4.39 Å². The molecular formula is C14H20FN3. The second-order valence-corrected chi connectivity index (χ2v) is 4.88. The number of nitrogens with two attached hydrogens (primary N) is 1. The standard InChI is InChI=1S/C14H20FN3/c15-13-11(6-5-7-12(13)14(16)17)10-18-8-3-1-2-4-9-18/h5-7H,1-4,8-10H2,(H3,16,17). The molecule has 0 saturated carbocycles. The minimum Gasteiger partial charge on any atom is -0.384 e. The molecule has 1 heterocycles. The van der Waals surface area contributed by atoms with Gasteiger partial charge in [0.15, 0.2) is 0 Å². The second-order valence-electron chi connectivity index (χ2n) is 4.88. The lowest BCUT2D eigenvalue weighted by Gasteiger charge is -2.20. The van der Waals surface area contributed by atoms with Crippen LogP contribution < -0.4 is 5.73 Å². The molecule has 1 aliphatic heterocycles. The molecule has 0 unspecified atom stereocenters. The van der Waals surface area contributed by atoms with E-state index in [1.807, 2.05) is 0 Å². The number of benzene rings is 1. The van der Waals surface area contributed by atoms with Gasteiger partial charge in [0, 0.05) is 12.1 Å². The smallest absolute Gasteiger partial charge is 0.138 e. The van der Waals surface area contributed by atoms with Gasteiger partial charge in [-0.15, -0.1) is 0 Å². The Morgan fingerprint density at radius 1 is 1.22 bits per heavy atom. The largest absolute Gasteiger partial charge is 0.384 e. The Morgan fingerprint density at radius 2 is 1.89 bits per heavy atom. The van der Waals surface area contributed by atoms with E-state index >= 15 is 0 Å². The molecule has 4 heteroatoms. The van der Waals surface area contributed by atoms with Crippen molar-refractivity contribution in [2.24, 2.45) is 5.73 Å². The van der Waals surface area contributed by atoms with Crippen LogP contribution in [0.4, 0.5) is 4.39 Å². The first-order chi connectivity index (χ1) is 8.68. The fourth-order valence-electron chi connectivity index (χ4n) is 2.45. The van der Waals surface area contributed by atoms with E-state index in [4.69, 9.17) is 11.1 Å². The summed E-state index contributed by atoms with van der Waals surface area (Å²) in [6, 6.07) is 5.11. The van der Waals surface area contributed by atoms with E-state index in [-0.39, 0.29) is 17.2 Å². The van der Waals surface area contributed by atoms with Crippen molar-refractivity contribution < 1.29 is 4.39 Å². The van der Waals surface area contributed by atoms with E-state index in [2.05, 4.69) is 4.90 Å². The number of likely N-dealkylation sites (tertiary alicyclic amines) is 1. The molecule has 1 aromatic carbocycles. The van der Waals surface area contributed by atoms with Crippen LogP contribution in [0, 0.1) is 11.2 Å². The van der Waals surface area contributed by atoms with Gasteiger partial charge in [0.2, 0.25) is 0 Å². The van der Waals surface area contributed by atoms with Crippen LogP contribution in [0.1, 0.15) is 36.8 Å². The molecule has 2 rings (SSSR count). The molecule has 0 aliphatic carbocycles. The number of nitrogens with zero attached hydrogens (tertiary/aromatic N) is 1. The van der Waals surface area contributed by atoms with Crippen molar-refractivity contribution in [2.45, 2.75) is 32.2 Å². The first-order valence-electron chi connectivity index (χ1n) is 6.52. The highest BCUT2D eigenvalue weighted by Crippen LogP contribution is 2.17. The molecule has 98 valence electrons. The number of nitrogen functional groups attached to an aromatic ring is 1. The summed E-state index contributed by atoms with van der Waals surface area (Å²) in [5.74, 6) is -0.542. The van der Waals surface area contributed by atoms with Crippen LogP contribution in [0.15, 0.2) is 18.2 Å². The number of amidine groups is 1. The van der Waals surface area contributed by atoms with Crippen molar-refractivity contribution in [1.29, 1.82) is 5.41 Å². The maximum atomic E-state index is 14.1. The van der Waals surface area contributed by atoms with Gasteiger partial charge in [0.25, 0.3) is 0 Å². The van der Waals surface area contributed by atoms with Gasteiger partial charge in [-0.1, -0.05) is 25.0 Å². The van der Waals surface area contributed by atoms with Crippen LogP contribution in [0.2, 0.25) is 0 Å². The highest BCUT2D eigenvalue weighted by molar-refractivity contribution is 5.95. The molecule has 0 bridgehead atoms. The zero-order chi connectivity index (χ0) is 13.0. The molecule has 0 amide bonds. The highest BCUT2D eigenvalue weighted by Gasteiger charge is 2.14. The minimum absolute atomic E-state index is 0.204. The first-order valence-corrected chi connectivity index (χ1v) is 6.52. The third kappa shape index (κ3) is 3.07. The van der Waals surface area contributed by atoms with Gasteiger partial charge in [-0.2, -0.15) is 0 Å². The van der Waals surface area contributed by atoms with Crippen LogP contribution in [0.3, 0.4) is 0 Å². The van der Waals surface area contributed by atoms with Gasteiger partial charge in [0.1, 0.15) is 11.7 Å². The molecule has 18 heavy (non-hydrogen) atoms. The predicted octanol–water partition coefficient (Wildman–Crippen LogP) is 2.49. The van der Waals surface area contributed by atoms with E-state index in [0.29, 0.717) is 12.1 Å². The molecule has 0 aromatic heterocycles. The summed E-state index contributed by atoms with van der Waals surface area (Å²) >= 11 is 0. The molecule has 0 atom stereocenters. The molecule has 0 spiro atoms. The van der Waals surface area contributed by atoms with Gasteiger partial charge in [-0.25, -0.2) is 4.39 Å². The molecule has 1 fully saturated rings. The van der Waals surface area contributed by atoms with Gasteiger partial charge >= 0.3 is 0 Å². The van der Waals surface area contributed by atoms with Gasteiger partial charge in [-0.05, 0) is 32.0 Å². The van der Waals surface area contributed by atoms with Gasteiger partial charge in [-0.3, -0.25) is 10.3 Å². The minimum atomic E-state index is -0.339. The number of nitrogens with one attached hydrogen (secondary N) is 1. The topological polar surface area (TPSA) is 53.1 Å². The van der Waals surface area contributed by atoms with Gasteiger partial charge < -0.3 is 5.73 Å². The second kappa shape index (κ2) is 5.96. The summed E-state index contributed by atoms with van der Waals surface area (Å²) in [5.41, 5.74) is 6.22. The van der Waals surface area contributed by atoms with Crippen molar-refractivity contribution in [3.63, 3.8) is 0 Å². The third-order valence-electron chi connectivity index (χ3n) is 3.46. The Kier molecular flexibility index (Phi) is 4.31. The molecule has 1 aliphatic rings. The average Bonchev–Trinajstić information content (AvgIpc) is 2.60. The lowest BCUT2D eigenvalue weighted by atomic mass is 10.1. The van der Waals surface area contributed by atoms with Crippen molar-refractivity contribution in [2.75, 3.05) is 13.1 Å². The summed E-state index contributed by atoms with van der Waals surface area (Å²) in [6.45, 7) is 2.68. The maximum Gasteiger partial charge on any atom is 0.138 e. The summed E-state index contributed by atoms with van der Waals surface area (Å²) in [6.07, 6.45) is 4.92. The molecular weight excluding hydrogens is 229 g/mol. The van der Waals surface area contributed by atoms with E-state index in [1.54, 1.807) is 18.2 Å². The van der Waals surface area contributed by atoms with E-state index < -0.39 is 0 Å². The quantitative estimate of drug-likeness (QED) is 0.638. The summed E-state index contributed by atoms with van der Waals surface area (Å²) in [4.78, 5) is 2.29. The lowest BCUT2D eigenvalue weighted by molar-refractivity contribution is 0.273. The van der Waals surface area contributed by atoms with Crippen LogP contribution >= 0.6 is 0 Å². The Morgan fingerprint density at radius 3 is 2.50 bits per heavy atom. The number of hydrogen-bond acceptors (Lipinski definition) is 2. The fraction of sp³-hybridized carbons (Fsp3) is 0.500. The van der Waals surface area contributed by atoms with Crippen molar-refractivity contribution in [3.05, 3.63) is 35.1 Å². The summed E-state index contributed by atoms with van der Waals surface area (Å²) in [5, 5.41) is 7.35. The van der Waals surface area contributed by atoms with Crippen molar-refractivity contribution in [3.8, 4) is 0 Å². The number of rotatable bonds is 3. The van der Waals surface area contributed by atoms with Crippen LogP contribution in [0.5, 0.6) is 0 Å². The number of hydrogen-bond donors (Lipinski definition) is 2. The molecule has 3 nitrogen and oxygen atoms in total. The average molecular weight is 249 g/mol. The lowest BCUT2D eigenvalue weighted by Crippen LogP contribution is -2.25. The van der Waals surface area contributed by atoms with Gasteiger partial charge in [0.05, 0.1) is 5.56 Å². The highest BCUT2D eigenvalue weighted by atomic mass is 19.1. The molecule has 1 saturated heterocycles. The summed E-state index contributed by atoms with van der Waals surface area (Å²) < 4.78 is 14.1. The predicted molar refractivity (Wildman–Crippen MR) is 71.2 cm³/mol. The molecule has 1 aromatic rings. The molecule has 0 radical (unpaired) electrons. The number of halogens is 1. The van der Waals surface area contributed by atoms with E-state index in [0.717, 1.165) is 13.1 Å². The van der Waals surface area contributed by atoms with E-state index in [1.165, 1.54) is 25.7 Å². The summed E-state index contributed by atoms with van der Waals surface area (Å²) in [7, 11) is 0. The van der Waals surface area contributed by atoms with Crippen LogP contribution in [-0.2, 0) is 6.54 Å². The Labute approximate surface area is 107 Å². The monoisotopic (exact) mass is 249 g/mol. The van der Waals surface area contributed by atoms with Crippen LogP contribution in [0.25, 0.3) is 0 Å². The zero-order valence-electron chi connectivity index (χ0n) is 10.6. The maximum absolute atomic E-state index is 14.1. The zero-order valence-corrected chi connectivity index (χ0v) is 10.6. The van der Waals surface area contributed by atoms with Crippen molar-refractivity contribution >= 4 is 5.84 Å². The fourth-order valence-corrected chi connectivity index (χ4v) is 2.45. The Bertz CT molecular complexity index is 423. The normalized spacial score (nSPS) is 17.4. The Hall–Kier alpha value is -1.42. The SMILES string of the molecule is N=C(N)c1cccc(CN2CCCCCC2)c1F. The first kappa shape index (κ1) is 13.0.